The van der Waals surface area contributed by atoms with E-state index in [0.717, 1.165) is 0 Å². The van der Waals surface area contributed by atoms with Crippen LogP contribution in [0.4, 0.5) is 5.69 Å². The third-order valence-electron chi connectivity index (χ3n) is 2.88. The summed E-state index contributed by atoms with van der Waals surface area (Å²) in [5.74, 6) is 0. The number of aromatic nitrogens is 2. The van der Waals surface area contributed by atoms with Gasteiger partial charge >= 0.3 is 0 Å². The molecule has 6 nitrogen and oxygen atoms in total. The molecule has 1 aromatic heterocycles. The lowest BCUT2D eigenvalue weighted by molar-refractivity contribution is 0.598. The number of aryl methyl sites for hydroxylation is 2. The topological polar surface area (TPSA) is 87.8 Å². The Hall–Kier alpha value is -2.33. The van der Waals surface area contributed by atoms with Gasteiger partial charge in [0.1, 0.15) is 6.07 Å². The summed E-state index contributed by atoms with van der Waals surface area (Å²) >= 11 is 0. The molecule has 0 radical (unpaired) electrons. The van der Waals surface area contributed by atoms with Crippen molar-refractivity contribution in [2.45, 2.75) is 25.4 Å². The van der Waals surface area contributed by atoms with Crippen molar-refractivity contribution in [3.05, 3.63) is 41.9 Å². The summed E-state index contributed by atoms with van der Waals surface area (Å²) in [7, 11) is -3.78. The van der Waals surface area contributed by atoms with Gasteiger partial charge in [0.25, 0.3) is 10.0 Å². The van der Waals surface area contributed by atoms with Crippen LogP contribution in [-0.2, 0) is 16.6 Å². The second kappa shape index (κ2) is 5.35. The molecule has 0 atom stereocenters. The highest BCUT2D eigenvalue weighted by molar-refractivity contribution is 7.92. The zero-order valence-electron chi connectivity index (χ0n) is 11.2. The van der Waals surface area contributed by atoms with Crippen molar-refractivity contribution in [3.8, 4) is 6.07 Å². The van der Waals surface area contributed by atoms with Gasteiger partial charge in [0, 0.05) is 12.7 Å². The van der Waals surface area contributed by atoms with Crippen LogP contribution in [0.15, 0.2) is 35.7 Å². The Labute approximate surface area is 117 Å². The van der Waals surface area contributed by atoms with Gasteiger partial charge in [-0.2, -0.15) is 13.7 Å². The molecule has 0 aliphatic heterocycles. The van der Waals surface area contributed by atoms with E-state index in [2.05, 4.69) is 9.71 Å². The number of hydrogen-bond donors (Lipinski definition) is 1. The van der Waals surface area contributed by atoms with Gasteiger partial charge in [0.15, 0.2) is 5.03 Å². The van der Waals surface area contributed by atoms with Gasteiger partial charge in [-0.3, -0.25) is 4.72 Å². The minimum absolute atomic E-state index is 0.0651. The molecule has 0 fully saturated rings. The lowest BCUT2D eigenvalue weighted by Gasteiger charge is -2.08. The lowest BCUT2D eigenvalue weighted by atomic mass is 10.1. The summed E-state index contributed by atoms with van der Waals surface area (Å²) in [6.45, 7) is 4.28. The van der Waals surface area contributed by atoms with Crippen molar-refractivity contribution in [1.29, 1.82) is 5.26 Å². The lowest BCUT2D eigenvalue weighted by Crippen LogP contribution is -2.14. The van der Waals surface area contributed by atoms with E-state index in [0.29, 0.717) is 17.7 Å². The Balaban J connectivity index is 2.39. The van der Waals surface area contributed by atoms with Crippen molar-refractivity contribution in [1.82, 2.24) is 9.55 Å². The first-order chi connectivity index (χ1) is 9.47. The molecule has 0 aliphatic carbocycles. The number of sulfonamides is 1. The fraction of sp³-hybridized carbons (Fsp3) is 0.231. The second-order valence-corrected chi connectivity index (χ2v) is 5.89. The predicted octanol–water partition coefficient (Wildman–Crippen LogP) is 1.88. The van der Waals surface area contributed by atoms with Crippen LogP contribution in [0.5, 0.6) is 0 Å². The number of hydrogen-bond acceptors (Lipinski definition) is 4. The maximum Gasteiger partial charge on any atom is 0.280 e. The molecule has 2 aromatic rings. The zero-order chi connectivity index (χ0) is 14.8. The molecule has 0 aliphatic rings. The van der Waals surface area contributed by atoms with Crippen LogP contribution in [-0.4, -0.2) is 18.0 Å². The Morgan fingerprint density at radius 1 is 1.45 bits per heavy atom. The molecule has 0 saturated carbocycles. The van der Waals surface area contributed by atoms with Crippen LogP contribution in [0.2, 0.25) is 0 Å². The van der Waals surface area contributed by atoms with Crippen LogP contribution >= 0.6 is 0 Å². The van der Waals surface area contributed by atoms with Crippen molar-refractivity contribution in [2.24, 2.45) is 0 Å². The van der Waals surface area contributed by atoms with Gasteiger partial charge in [-0.15, -0.1) is 0 Å². The van der Waals surface area contributed by atoms with Gasteiger partial charge in [0.2, 0.25) is 0 Å². The van der Waals surface area contributed by atoms with Gasteiger partial charge in [-0.05, 0) is 25.5 Å². The maximum atomic E-state index is 12.2. The first-order valence-corrected chi connectivity index (χ1v) is 7.50. The molecule has 0 spiro atoms. The number of nitrogens with one attached hydrogen (secondary N) is 1. The summed E-state index contributed by atoms with van der Waals surface area (Å²) in [4.78, 5) is 3.86. The molecule has 1 heterocycles. The number of rotatable bonds is 4. The molecule has 104 valence electrons. The Kier molecular flexibility index (Phi) is 3.77. The van der Waals surface area contributed by atoms with E-state index < -0.39 is 10.0 Å². The van der Waals surface area contributed by atoms with Gasteiger partial charge in [-0.1, -0.05) is 12.1 Å². The van der Waals surface area contributed by atoms with Crippen molar-refractivity contribution in [3.63, 3.8) is 0 Å². The maximum absolute atomic E-state index is 12.2. The Morgan fingerprint density at radius 2 is 2.20 bits per heavy atom. The SMILES string of the molecule is CCn1cnc(S(=O)(=O)Nc2cccc(C)c2C#N)c1. The number of imidazole rings is 1. The highest BCUT2D eigenvalue weighted by Crippen LogP contribution is 2.21. The summed E-state index contributed by atoms with van der Waals surface area (Å²) in [6, 6.07) is 7.00. The fourth-order valence-electron chi connectivity index (χ4n) is 1.75. The molecule has 20 heavy (non-hydrogen) atoms. The van der Waals surface area contributed by atoms with Crippen LogP contribution in [0.3, 0.4) is 0 Å². The second-order valence-electron chi connectivity index (χ2n) is 4.26. The smallest absolute Gasteiger partial charge is 0.280 e. The van der Waals surface area contributed by atoms with Crippen LogP contribution in [0, 0.1) is 18.3 Å². The van der Waals surface area contributed by atoms with Crippen LogP contribution in [0.1, 0.15) is 18.1 Å². The average molecular weight is 290 g/mol. The summed E-state index contributed by atoms with van der Waals surface area (Å²) < 4.78 is 28.5. The third kappa shape index (κ3) is 2.65. The largest absolute Gasteiger partial charge is 0.336 e. The summed E-state index contributed by atoms with van der Waals surface area (Å²) in [6.07, 6.45) is 2.90. The molecule has 7 heteroatoms. The molecule has 2 rings (SSSR count). The highest BCUT2D eigenvalue weighted by atomic mass is 32.2. The van der Waals surface area contributed by atoms with Crippen LogP contribution < -0.4 is 4.72 Å². The van der Waals surface area contributed by atoms with E-state index in [1.165, 1.54) is 12.5 Å². The molecule has 1 N–H and O–H groups in total. The number of anilines is 1. The van der Waals surface area contributed by atoms with E-state index in [1.807, 2.05) is 13.0 Å². The third-order valence-corrected chi connectivity index (χ3v) is 4.13. The van der Waals surface area contributed by atoms with Crippen molar-refractivity contribution < 1.29 is 8.42 Å². The standard InChI is InChI=1S/C13H14N4O2S/c1-3-17-8-13(15-9-17)20(18,19)16-12-6-4-5-10(2)11(12)7-14/h4-6,8-9,16H,3H2,1-2H3. The quantitative estimate of drug-likeness (QED) is 0.931. The first-order valence-electron chi connectivity index (χ1n) is 6.02. The summed E-state index contributed by atoms with van der Waals surface area (Å²) in [5, 5.41) is 9.04. The number of nitrogens with zero attached hydrogens (tertiary/aromatic N) is 3. The molecule has 1 aromatic carbocycles. The van der Waals surface area contributed by atoms with Gasteiger partial charge in [-0.25, -0.2) is 4.98 Å². The van der Waals surface area contributed by atoms with E-state index in [1.54, 1.807) is 29.7 Å². The minimum Gasteiger partial charge on any atom is -0.336 e. The normalized spacial score (nSPS) is 11.1. The monoisotopic (exact) mass is 290 g/mol. The van der Waals surface area contributed by atoms with E-state index in [4.69, 9.17) is 5.26 Å². The fourth-order valence-corrected chi connectivity index (χ4v) is 2.77. The van der Waals surface area contributed by atoms with Crippen LogP contribution in [0.25, 0.3) is 0 Å². The zero-order valence-corrected chi connectivity index (χ0v) is 12.0. The Morgan fingerprint density at radius 3 is 2.80 bits per heavy atom. The average Bonchev–Trinajstić information content (AvgIpc) is 2.88. The highest BCUT2D eigenvalue weighted by Gasteiger charge is 2.19. The number of benzene rings is 1. The number of nitriles is 1. The Bertz CT molecular complexity index is 772. The van der Waals surface area contributed by atoms with Gasteiger partial charge < -0.3 is 4.57 Å². The molecular weight excluding hydrogens is 276 g/mol. The summed E-state index contributed by atoms with van der Waals surface area (Å²) in [5.41, 5.74) is 1.29. The van der Waals surface area contributed by atoms with Gasteiger partial charge in [0.05, 0.1) is 17.6 Å². The van der Waals surface area contributed by atoms with Crippen molar-refractivity contribution >= 4 is 15.7 Å². The molecule has 0 bridgehead atoms. The van der Waals surface area contributed by atoms with E-state index in [9.17, 15) is 8.42 Å². The molecular formula is C13H14N4O2S. The van der Waals surface area contributed by atoms with Crippen molar-refractivity contribution in [2.75, 3.05) is 4.72 Å². The molecule has 0 amide bonds. The molecule has 0 saturated heterocycles. The molecule has 0 unspecified atom stereocenters. The minimum atomic E-state index is -3.78. The van der Waals surface area contributed by atoms with E-state index in [-0.39, 0.29) is 10.7 Å². The first kappa shape index (κ1) is 14.1. The predicted molar refractivity (Wildman–Crippen MR) is 74.6 cm³/mol. The van der Waals surface area contributed by atoms with E-state index >= 15 is 0 Å².